The van der Waals surface area contributed by atoms with Gasteiger partial charge in [0, 0.05) is 36.6 Å². The van der Waals surface area contributed by atoms with E-state index in [0.29, 0.717) is 18.6 Å². The van der Waals surface area contributed by atoms with Crippen LogP contribution in [0.2, 0.25) is 0 Å². The molecule has 0 radical (unpaired) electrons. The van der Waals surface area contributed by atoms with E-state index in [-0.39, 0.29) is 24.5 Å². The molecular formula is C10H16F2N2. The highest BCUT2D eigenvalue weighted by Crippen LogP contribution is 2.42. The number of fused-ring (bicyclic) bond motifs is 1. The zero-order valence-electron chi connectivity index (χ0n) is 8.61. The van der Waals surface area contributed by atoms with Gasteiger partial charge in [0.2, 0.25) is 0 Å². The van der Waals surface area contributed by atoms with Crippen LogP contribution in [0.3, 0.4) is 0 Å². The van der Waals surface area contributed by atoms with Crippen molar-refractivity contribution in [3.63, 3.8) is 0 Å². The van der Waals surface area contributed by atoms with E-state index < -0.39 is 5.92 Å². The highest BCUT2D eigenvalue weighted by Gasteiger charge is 2.52. The van der Waals surface area contributed by atoms with Crippen molar-refractivity contribution < 1.29 is 8.78 Å². The molecule has 2 aliphatic heterocycles. The minimum Gasteiger partial charge on any atom is -0.310 e. The second-order valence-corrected chi connectivity index (χ2v) is 5.14. The summed E-state index contributed by atoms with van der Waals surface area (Å²) in [6.45, 7) is 3.78. The third kappa shape index (κ3) is 1.56. The first kappa shape index (κ1) is 10.0. The van der Waals surface area contributed by atoms with Crippen LogP contribution in [0.1, 0.15) is 33.1 Å². The van der Waals surface area contributed by atoms with Gasteiger partial charge in [-0.2, -0.15) is 0 Å². The fraction of sp³-hybridized carbons (Fsp3) is 0.900. The number of hydrogen-bond acceptors (Lipinski definition) is 2. The number of alkyl halides is 2. The molecule has 1 N–H and O–H groups in total. The lowest BCUT2D eigenvalue weighted by Crippen LogP contribution is -2.52. The summed E-state index contributed by atoms with van der Waals surface area (Å²) >= 11 is 0. The molecule has 4 heteroatoms. The summed E-state index contributed by atoms with van der Waals surface area (Å²) < 4.78 is 26.4. The van der Waals surface area contributed by atoms with Gasteiger partial charge in [-0.3, -0.25) is 4.90 Å². The molecule has 0 amide bonds. The average Bonchev–Trinajstić information content (AvgIpc) is 2.22. The maximum absolute atomic E-state index is 13.2. The van der Waals surface area contributed by atoms with Gasteiger partial charge in [-0.05, 0) is 13.8 Å². The highest BCUT2D eigenvalue weighted by atomic mass is 19.3. The van der Waals surface area contributed by atoms with Gasteiger partial charge >= 0.3 is 0 Å². The Morgan fingerprint density at radius 3 is 2.71 bits per heavy atom. The summed E-state index contributed by atoms with van der Waals surface area (Å²) in [6.07, 6.45) is 1.08. The summed E-state index contributed by atoms with van der Waals surface area (Å²) in [5, 5.41) is 7.65. The largest absolute Gasteiger partial charge is 0.310 e. The van der Waals surface area contributed by atoms with Crippen LogP contribution in [0.15, 0.2) is 0 Å². The minimum atomic E-state index is -2.55. The van der Waals surface area contributed by atoms with E-state index in [2.05, 4.69) is 0 Å². The first-order chi connectivity index (χ1) is 6.30. The summed E-state index contributed by atoms with van der Waals surface area (Å²) in [5.74, 6) is -2.55. The van der Waals surface area contributed by atoms with Crippen molar-refractivity contribution in [2.24, 2.45) is 0 Å². The van der Waals surface area contributed by atoms with Crippen molar-refractivity contribution in [1.29, 1.82) is 5.41 Å². The summed E-state index contributed by atoms with van der Waals surface area (Å²) in [5.41, 5.74) is 0.355. The first-order valence-electron chi connectivity index (χ1n) is 5.01. The molecule has 0 aromatic heterocycles. The third-order valence-corrected chi connectivity index (χ3v) is 3.28. The molecule has 0 aliphatic carbocycles. The molecule has 1 atom stereocenters. The highest BCUT2D eigenvalue weighted by molar-refractivity contribution is 5.84. The van der Waals surface area contributed by atoms with Gasteiger partial charge in [-0.25, -0.2) is 8.78 Å². The molecular weight excluding hydrogens is 186 g/mol. The predicted molar refractivity (Wildman–Crippen MR) is 51.1 cm³/mol. The Hall–Kier alpha value is -0.510. The maximum Gasteiger partial charge on any atom is 0.262 e. The van der Waals surface area contributed by atoms with E-state index in [4.69, 9.17) is 5.41 Å². The fourth-order valence-corrected chi connectivity index (χ4v) is 2.77. The minimum absolute atomic E-state index is 0.0706. The van der Waals surface area contributed by atoms with Gasteiger partial charge < -0.3 is 5.41 Å². The summed E-state index contributed by atoms with van der Waals surface area (Å²) in [7, 11) is 0. The lowest BCUT2D eigenvalue weighted by atomic mass is 9.86. The number of rotatable bonds is 0. The first-order valence-corrected chi connectivity index (χ1v) is 5.01. The van der Waals surface area contributed by atoms with Crippen molar-refractivity contribution in [3.05, 3.63) is 0 Å². The van der Waals surface area contributed by atoms with Gasteiger partial charge in [-0.15, -0.1) is 0 Å². The zero-order chi connectivity index (χ0) is 10.6. The van der Waals surface area contributed by atoms with Crippen LogP contribution in [0.5, 0.6) is 0 Å². The summed E-state index contributed by atoms with van der Waals surface area (Å²) in [4.78, 5) is 1.88. The number of hydrogen-bond donors (Lipinski definition) is 1. The quantitative estimate of drug-likeness (QED) is 0.641. The van der Waals surface area contributed by atoms with Crippen LogP contribution < -0.4 is 0 Å². The average molecular weight is 202 g/mol. The summed E-state index contributed by atoms with van der Waals surface area (Å²) in [6, 6.07) is -0.110. The number of nitrogens with zero attached hydrogens (tertiary/aromatic N) is 1. The standard InChI is InChI=1S/C10H16F2N2/c1-9(2)4-7(13)3-8-5-10(11,12)6-14(8)9/h8,13H,3-6H2,1-2H3. The molecule has 2 nitrogen and oxygen atoms in total. The van der Waals surface area contributed by atoms with Crippen molar-refractivity contribution in [2.75, 3.05) is 6.54 Å². The second-order valence-electron chi connectivity index (χ2n) is 5.14. The van der Waals surface area contributed by atoms with Crippen molar-refractivity contribution in [1.82, 2.24) is 4.90 Å². The van der Waals surface area contributed by atoms with Gasteiger partial charge in [0.15, 0.2) is 0 Å². The molecule has 2 heterocycles. The van der Waals surface area contributed by atoms with Gasteiger partial charge in [0.25, 0.3) is 5.92 Å². The topological polar surface area (TPSA) is 27.1 Å². The molecule has 0 saturated carbocycles. The monoisotopic (exact) mass is 202 g/mol. The third-order valence-electron chi connectivity index (χ3n) is 3.28. The van der Waals surface area contributed by atoms with E-state index in [1.165, 1.54) is 0 Å². The molecule has 0 aromatic carbocycles. The van der Waals surface area contributed by atoms with Crippen LogP contribution in [0, 0.1) is 5.41 Å². The van der Waals surface area contributed by atoms with Gasteiger partial charge in [0.1, 0.15) is 0 Å². The lowest BCUT2D eigenvalue weighted by Gasteiger charge is -2.43. The SMILES string of the molecule is CC1(C)CC(=N)CC2CC(F)(F)CN21. The molecule has 0 aromatic rings. The maximum atomic E-state index is 13.2. The molecule has 2 aliphatic rings. The Morgan fingerprint density at radius 2 is 2.07 bits per heavy atom. The van der Waals surface area contributed by atoms with Crippen LogP contribution in [0.4, 0.5) is 8.78 Å². The lowest BCUT2D eigenvalue weighted by molar-refractivity contribution is -0.000808. The van der Waals surface area contributed by atoms with Crippen LogP contribution in [-0.2, 0) is 0 Å². The second kappa shape index (κ2) is 2.75. The Bertz CT molecular complexity index is 273. The van der Waals surface area contributed by atoms with Crippen LogP contribution in [-0.4, -0.2) is 34.7 Å². The Kier molecular flexibility index (Phi) is 1.97. The van der Waals surface area contributed by atoms with Crippen molar-refractivity contribution in [2.45, 2.75) is 50.6 Å². The van der Waals surface area contributed by atoms with Gasteiger partial charge in [-0.1, -0.05) is 0 Å². The normalized spacial score (nSPS) is 35.7. The number of nitrogens with one attached hydrogen (secondary N) is 1. The van der Waals surface area contributed by atoms with E-state index in [9.17, 15) is 8.78 Å². The van der Waals surface area contributed by atoms with E-state index in [1.54, 1.807) is 0 Å². The molecule has 1 unspecified atom stereocenters. The van der Waals surface area contributed by atoms with Crippen molar-refractivity contribution in [3.8, 4) is 0 Å². The fourth-order valence-electron chi connectivity index (χ4n) is 2.77. The molecule has 2 fully saturated rings. The van der Waals surface area contributed by atoms with Crippen molar-refractivity contribution >= 4 is 5.71 Å². The number of halogens is 2. The number of piperidine rings is 1. The molecule has 80 valence electrons. The van der Waals surface area contributed by atoms with E-state index in [1.807, 2.05) is 18.7 Å². The van der Waals surface area contributed by atoms with E-state index in [0.717, 1.165) is 0 Å². The zero-order valence-corrected chi connectivity index (χ0v) is 8.61. The molecule has 2 saturated heterocycles. The molecule has 2 rings (SSSR count). The Labute approximate surface area is 82.8 Å². The predicted octanol–water partition coefficient (Wildman–Crippen LogP) is 2.29. The Morgan fingerprint density at radius 1 is 1.43 bits per heavy atom. The van der Waals surface area contributed by atoms with Crippen LogP contribution in [0.25, 0.3) is 0 Å². The van der Waals surface area contributed by atoms with Crippen LogP contribution >= 0.6 is 0 Å². The Balaban J connectivity index is 2.24. The molecule has 0 spiro atoms. The van der Waals surface area contributed by atoms with Gasteiger partial charge in [0.05, 0.1) is 6.54 Å². The smallest absolute Gasteiger partial charge is 0.262 e. The molecule has 0 bridgehead atoms. The molecule has 14 heavy (non-hydrogen) atoms. The van der Waals surface area contributed by atoms with E-state index >= 15 is 0 Å².